The molecule has 4 N–H and O–H groups in total. The maximum Gasteiger partial charge on any atom is 0.255 e. The van der Waals surface area contributed by atoms with E-state index in [0.29, 0.717) is 0 Å². The Morgan fingerprint density at radius 1 is 1.56 bits per heavy atom. The van der Waals surface area contributed by atoms with Crippen LogP contribution in [0.4, 0.5) is 10.2 Å². The normalized spacial score (nSPS) is 11.1. The van der Waals surface area contributed by atoms with Crippen molar-refractivity contribution in [2.75, 3.05) is 24.7 Å². The first-order chi connectivity index (χ1) is 8.33. The van der Waals surface area contributed by atoms with Gasteiger partial charge >= 0.3 is 0 Å². The number of nitrogens with zero attached hydrogens (tertiary/aromatic N) is 1. The number of sulfonamides is 1. The minimum absolute atomic E-state index is 0.00748. The van der Waals surface area contributed by atoms with Crippen molar-refractivity contribution in [2.45, 2.75) is 0 Å². The minimum atomic E-state index is -3.65. The zero-order valence-corrected chi connectivity index (χ0v) is 10.4. The summed E-state index contributed by atoms with van der Waals surface area (Å²) < 4.78 is 34.3. The Kier molecular flexibility index (Phi) is 4.56. The van der Waals surface area contributed by atoms with Gasteiger partial charge in [0.1, 0.15) is 11.6 Å². The van der Waals surface area contributed by atoms with E-state index in [1.807, 2.05) is 0 Å². The lowest BCUT2D eigenvalue weighted by Crippen LogP contribution is -2.32. The Hall–Kier alpha value is -1.74. The molecule has 0 aromatic carbocycles. The molecule has 1 heterocycles. The minimum Gasteiger partial charge on any atom is -0.372 e. The number of rotatable bonds is 5. The lowest BCUT2D eigenvalue weighted by molar-refractivity contribution is 0.0956. The maximum atomic E-state index is 13.0. The van der Waals surface area contributed by atoms with Crippen LogP contribution in [0.15, 0.2) is 12.3 Å². The molecule has 7 nitrogen and oxygen atoms in total. The molecule has 0 aliphatic carbocycles. The standard InChI is InChI=1S/C9H13FN4O3S/c1-12-8-7(4-6(10)5-14-8)9(15)13-2-3-18(11,16)17/h4-5H,2-3H2,1H3,(H,12,14)(H,13,15)(H2,11,16,17). The number of amides is 1. The second-order valence-corrected chi connectivity index (χ2v) is 5.16. The van der Waals surface area contributed by atoms with E-state index in [2.05, 4.69) is 15.6 Å². The average Bonchev–Trinajstić information content (AvgIpc) is 2.27. The van der Waals surface area contributed by atoms with Crippen molar-refractivity contribution in [3.8, 4) is 0 Å². The predicted molar refractivity (Wildman–Crippen MR) is 64.0 cm³/mol. The van der Waals surface area contributed by atoms with E-state index < -0.39 is 27.5 Å². The summed E-state index contributed by atoms with van der Waals surface area (Å²) in [5.41, 5.74) is -0.00748. The topological polar surface area (TPSA) is 114 Å². The quantitative estimate of drug-likeness (QED) is 0.656. The van der Waals surface area contributed by atoms with Crippen LogP contribution in [0.5, 0.6) is 0 Å². The first-order valence-corrected chi connectivity index (χ1v) is 6.67. The molecule has 0 unspecified atom stereocenters. The summed E-state index contributed by atoms with van der Waals surface area (Å²) in [5.74, 6) is -1.48. The molecule has 100 valence electrons. The van der Waals surface area contributed by atoms with Gasteiger partial charge in [0, 0.05) is 13.6 Å². The van der Waals surface area contributed by atoms with Crippen LogP contribution >= 0.6 is 0 Å². The van der Waals surface area contributed by atoms with Crippen molar-refractivity contribution in [1.29, 1.82) is 0 Å². The molecule has 1 aromatic heterocycles. The Morgan fingerprint density at radius 3 is 2.78 bits per heavy atom. The number of pyridine rings is 1. The summed E-state index contributed by atoms with van der Waals surface area (Å²) in [6.07, 6.45) is 0.965. The van der Waals surface area contributed by atoms with Gasteiger partial charge in [-0.2, -0.15) is 0 Å². The van der Waals surface area contributed by atoms with Crippen LogP contribution in [0.3, 0.4) is 0 Å². The largest absolute Gasteiger partial charge is 0.372 e. The molecule has 1 amide bonds. The van der Waals surface area contributed by atoms with Gasteiger partial charge in [-0.1, -0.05) is 0 Å². The van der Waals surface area contributed by atoms with Crippen LogP contribution in [0.25, 0.3) is 0 Å². The van der Waals surface area contributed by atoms with Crippen molar-refractivity contribution in [3.63, 3.8) is 0 Å². The molecule has 18 heavy (non-hydrogen) atoms. The summed E-state index contributed by atoms with van der Waals surface area (Å²) in [7, 11) is -2.12. The third-order valence-electron chi connectivity index (χ3n) is 2.01. The van der Waals surface area contributed by atoms with Gasteiger partial charge in [0.25, 0.3) is 5.91 Å². The van der Waals surface area contributed by atoms with E-state index in [9.17, 15) is 17.6 Å². The summed E-state index contributed by atoms with van der Waals surface area (Å²) in [6, 6.07) is 1.01. The second-order valence-electron chi connectivity index (χ2n) is 3.42. The lowest BCUT2D eigenvalue weighted by atomic mass is 10.2. The maximum absolute atomic E-state index is 13.0. The zero-order valence-electron chi connectivity index (χ0n) is 9.60. The summed E-state index contributed by atoms with van der Waals surface area (Å²) in [4.78, 5) is 15.4. The van der Waals surface area contributed by atoms with Crippen molar-refractivity contribution in [3.05, 3.63) is 23.6 Å². The van der Waals surface area contributed by atoms with Crippen LogP contribution in [0, 0.1) is 5.82 Å². The van der Waals surface area contributed by atoms with Crippen molar-refractivity contribution in [1.82, 2.24) is 10.3 Å². The van der Waals surface area contributed by atoms with Crippen molar-refractivity contribution in [2.24, 2.45) is 5.14 Å². The molecule has 0 spiro atoms. The number of carbonyl (C=O) groups excluding carboxylic acids is 1. The molecular formula is C9H13FN4O3S. The number of nitrogens with one attached hydrogen (secondary N) is 2. The number of aromatic nitrogens is 1. The highest BCUT2D eigenvalue weighted by Crippen LogP contribution is 2.12. The van der Waals surface area contributed by atoms with Gasteiger partial charge in [-0.05, 0) is 6.07 Å². The first-order valence-electron chi connectivity index (χ1n) is 4.95. The number of hydrogen-bond donors (Lipinski definition) is 3. The molecule has 0 aliphatic heterocycles. The Bertz CT molecular complexity index is 547. The molecule has 0 atom stereocenters. The highest BCUT2D eigenvalue weighted by atomic mass is 32.2. The van der Waals surface area contributed by atoms with Crippen LogP contribution in [-0.4, -0.2) is 38.7 Å². The number of anilines is 1. The SMILES string of the molecule is CNc1ncc(F)cc1C(=O)NCCS(N)(=O)=O. The number of primary sulfonamides is 1. The number of hydrogen-bond acceptors (Lipinski definition) is 5. The molecule has 0 aliphatic rings. The average molecular weight is 276 g/mol. The van der Waals surface area contributed by atoms with Crippen LogP contribution < -0.4 is 15.8 Å². The summed E-state index contributed by atoms with van der Waals surface area (Å²) >= 11 is 0. The van der Waals surface area contributed by atoms with Crippen LogP contribution in [0.2, 0.25) is 0 Å². The molecule has 0 saturated heterocycles. The van der Waals surface area contributed by atoms with Crippen LogP contribution in [-0.2, 0) is 10.0 Å². The fourth-order valence-corrected chi connectivity index (χ4v) is 1.60. The molecule has 0 fully saturated rings. The lowest BCUT2D eigenvalue weighted by Gasteiger charge is -2.08. The van der Waals surface area contributed by atoms with Gasteiger partial charge in [-0.15, -0.1) is 0 Å². The molecular weight excluding hydrogens is 263 g/mol. The molecule has 0 radical (unpaired) electrons. The van der Waals surface area contributed by atoms with Crippen molar-refractivity contribution < 1.29 is 17.6 Å². The van der Waals surface area contributed by atoms with Gasteiger partial charge in [0.2, 0.25) is 10.0 Å². The first kappa shape index (κ1) is 14.3. The number of halogens is 1. The van der Waals surface area contributed by atoms with E-state index in [1.54, 1.807) is 0 Å². The van der Waals surface area contributed by atoms with Gasteiger partial charge < -0.3 is 10.6 Å². The van der Waals surface area contributed by atoms with Crippen LogP contribution in [0.1, 0.15) is 10.4 Å². The predicted octanol–water partition coefficient (Wildman–Crippen LogP) is -0.719. The molecule has 1 aromatic rings. The fraction of sp³-hybridized carbons (Fsp3) is 0.333. The Balaban J connectivity index is 2.75. The monoisotopic (exact) mass is 276 g/mol. The van der Waals surface area contributed by atoms with Crippen molar-refractivity contribution >= 4 is 21.7 Å². The van der Waals surface area contributed by atoms with E-state index >= 15 is 0 Å². The van der Waals surface area contributed by atoms with Gasteiger partial charge in [-0.3, -0.25) is 4.79 Å². The smallest absolute Gasteiger partial charge is 0.255 e. The molecule has 0 saturated carbocycles. The van der Waals surface area contributed by atoms with Gasteiger partial charge in [0.05, 0.1) is 17.5 Å². The Labute approximate surface area is 104 Å². The summed E-state index contributed by atoms with van der Waals surface area (Å²) in [5, 5.41) is 9.72. The van der Waals surface area contributed by atoms with Gasteiger partial charge in [0.15, 0.2) is 0 Å². The highest BCUT2D eigenvalue weighted by Gasteiger charge is 2.13. The van der Waals surface area contributed by atoms with E-state index in [1.165, 1.54) is 7.05 Å². The number of carbonyl (C=O) groups is 1. The molecule has 0 bridgehead atoms. The second kappa shape index (κ2) is 5.74. The molecule has 9 heteroatoms. The van der Waals surface area contributed by atoms with E-state index in [-0.39, 0.29) is 17.9 Å². The highest BCUT2D eigenvalue weighted by molar-refractivity contribution is 7.89. The summed E-state index contributed by atoms with van der Waals surface area (Å²) in [6.45, 7) is -0.155. The third-order valence-corrected chi connectivity index (χ3v) is 2.78. The molecule has 1 rings (SSSR count). The van der Waals surface area contributed by atoms with E-state index in [0.717, 1.165) is 12.3 Å². The number of nitrogens with two attached hydrogens (primary N) is 1. The Morgan fingerprint density at radius 2 is 2.22 bits per heavy atom. The third kappa shape index (κ3) is 4.26. The van der Waals surface area contributed by atoms with E-state index in [4.69, 9.17) is 5.14 Å². The van der Waals surface area contributed by atoms with Gasteiger partial charge in [-0.25, -0.2) is 22.9 Å². The zero-order chi connectivity index (χ0) is 13.8. The fourth-order valence-electron chi connectivity index (χ4n) is 1.21.